The molecule has 2 amide bonds. The van der Waals surface area contributed by atoms with E-state index in [1.54, 1.807) is 60.7 Å². The summed E-state index contributed by atoms with van der Waals surface area (Å²) < 4.78 is 34.7. The van der Waals surface area contributed by atoms with Crippen LogP contribution in [0.5, 0.6) is 5.75 Å². The molecule has 0 spiro atoms. The fourth-order valence-corrected chi connectivity index (χ4v) is 6.86. The van der Waals surface area contributed by atoms with Crippen LogP contribution in [0.25, 0.3) is 0 Å². The fraction of sp³-hybridized carbons (Fsp3) is 0.394. The summed E-state index contributed by atoms with van der Waals surface area (Å²) in [6.07, 6.45) is 4.30. The standard InChI is InChI=1S/C33H40ClN3O5S/c1-4-31(33(39)35-27-8-6-7-9-27)36(22-25-12-14-26(34)15-13-25)32(38)23-37(28-16-18-29(19-17-28)42-5-2)43(40,41)30-20-10-24(3)11-21-30/h10-21,27,31H,4-9,22-23H2,1-3H3,(H,35,39)/t31-/m0/s1. The topological polar surface area (TPSA) is 96.0 Å². The van der Waals surface area contributed by atoms with Crippen molar-refractivity contribution < 1.29 is 22.7 Å². The van der Waals surface area contributed by atoms with Crippen LogP contribution in [0, 0.1) is 6.92 Å². The number of hydrogen-bond donors (Lipinski definition) is 1. The summed E-state index contributed by atoms with van der Waals surface area (Å²) in [5.74, 6) is -0.136. The molecule has 0 radical (unpaired) electrons. The zero-order valence-corrected chi connectivity index (χ0v) is 26.5. The molecular formula is C33H40ClN3O5S. The van der Waals surface area contributed by atoms with Gasteiger partial charge in [0.2, 0.25) is 11.8 Å². The Morgan fingerprint density at radius 1 is 0.953 bits per heavy atom. The molecule has 0 aliphatic heterocycles. The van der Waals surface area contributed by atoms with Crippen LogP contribution in [0.2, 0.25) is 5.02 Å². The van der Waals surface area contributed by atoms with Gasteiger partial charge in [0.15, 0.2) is 0 Å². The summed E-state index contributed by atoms with van der Waals surface area (Å²) in [6.45, 7) is 5.68. The van der Waals surface area contributed by atoms with Crippen LogP contribution in [-0.2, 0) is 26.2 Å². The van der Waals surface area contributed by atoms with Gasteiger partial charge in [-0.25, -0.2) is 8.42 Å². The van der Waals surface area contributed by atoms with Gasteiger partial charge in [-0.3, -0.25) is 13.9 Å². The van der Waals surface area contributed by atoms with Crippen molar-refractivity contribution in [2.75, 3.05) is 17.5 Å². The zero-order valence-electron chi connectivity index (χ0n) is 25.0. The van der Waals surface area contributed by atoms with Crippen LogP contribution >= 0.6 is 11.6 Å². The minimum absolute atomic E-state index is 0.0649. The van der Waals surface area contributed by atoms with Crippen molar-refractivity contribution in [1.29, 1.82) is 0 Å². The number of anilines is 1. The molecule has 10 heteroatoms. The third-order valence-corrected chi connectivity index (χ3v) is 9.72. The average molecular weight is 626 g/mol. The highest BCUT2D eigenvalue weighted by Gasteiger charge is 2.34. The number of carbonyl (C=O) groups excluding carboxylic acids is 2. The van der Waals surface area contributed by atoms with Gasteiger partial charge in [-0.1, -0.05) is 61.2 Å². The SMILES string of the molecule is CCOc1ccc(N(CC(=O)N(Cc2ccc(Cl)cc2)[C@@H](CC)C(=O)NC2CCCC2)S(=O)(=O)c2ccc(C)cc2)cc1. The van der Waals surface area contributed by atoms with Crippen LogP contribution in [0.4, 0.5) is 5.69 Å². The Bertz CT molecular complexity index is 1470. The Morgan fingerprint density at radius 3 is 2.16 bits per heavy atom. The molecule has 3 aromatic carbocycles. The molecule has 1 aliphatic carbocycles. The highest BCUT2D eigenvalue weighted by Crippen LogP contribution is 2.27. The summed E-state index contributed by atoms with van der Waals surface area (Å²) in [4.78, 5) is 29.3. The van der Waals surface area contributed by atoms with Crippen molar-refractivity contribution >= 4 is 39.1 Å². The van der Waals surface area contributed by atoms with Crippen LogP contribution in [-0.4, -0.2) is 50.4 Å². The predicted octanol–water partition coefficient (Wildman–Crippen LogP) is 6.11. The third-order valence-electron chi connectivity index (χ3n) is 7.68. The van der Waals surface area contributed by atoms with Gasteiger partial charge in [0.1, 0.15) is 18.3 Å². The summed E-state index contributed by atoms with van der Waals surface area (Å²) in [6, 6.07) is 19.5. The van der Waals surface area contributed by atoms with Gasteiger partial charge in [-0.05, 0) is 87.2 Å². The van der Waals surface area contributed by atoms with Crippen LogP contribution in [0.1, 0.15) is 57.1 Å². The molecule has 0 aromatic heterocycles. The first-order valence-electron chi connectivity index (χ1n) is 14.8. The Morgan fingerprint density at radius 2 is 1.58 bits per heavy atom. The predicted molar refractivity (Wildman–Crippen MR) is 170 cm³/mol. The van der Waals surface area contributed by atoms with Gasteiger partial charge >= 0.3 is 0 Å². The molecular weight excluding hydrogens is 586 g/mol. The van der Waals surface area contributed by atoms with E-state index in [4.69, 9.17) is 16.3 Å². The minimum Gasteiger partial charge on any atom is -0.494 e. The van der Waals surface area contributed by atoms with Crippen molar-refractivity contribution in [1.82, 2.24) is 10.2 Å². The molecule has 0 heterocycles. The summed E-state index contributed by atoms with van der Waals surface area (Å²) >= 11 is 6.10. The van der Waals surface area contributed by atoms with Crippen LogP contribution in [0.3, 0.4) is 0 Å². The lowest BCUT2D eigenvalue weighted by Crippen LogP contribution is -2.53. The quantitative estimate of drug-likeness (QED) is 0.247. The van der Waals surface area contributed by atoms with Crippen molar-refractivity contribution in [3.05, 3.63) is 88.9 Å². The molecule has 8 nitrogen and oxygen atoms in total. The third kappa shape index (κ3) is 8.30. The van der Waals surface area contributed by atoms with Crippen molar-refractivity contribution in [2.24, 2.45) is 0 Å². The minimum atomic E-state index is -4.15. The summed E-state index contributed by atoms with van der Waals surface area (Å²) in [5, 5.41) is 3.68. The number of benzene rings is 3. The molecule has 1 saturated carbocycles. The molecule has 0 bridgehead atoms. The number of aryl methyl sites for hydroxylation is 1. The van der Waals surface area contributed by atoms with E-state index in [2.05, 4.69) is 5.32 Å². The second-order valence-electron chi connectivity index (χ2n) is 10.8. The highest BCUT2D eigenvalue weighted by atomic mass is 35.5. The molecule has 0 saturated heterocycles. The van der Waals surface area contributed by atoms with E-state index >= 15 is 0 Å². The lowest BCUT2D eigenvalue weighted by molar-refractivity contribution is -0.140. The van der Waals surface area contributed by atoms with Gasteiger partial charge < -0.3 is 15.0 Å². The van der Waals surface area contributed by atoms with Crippen LogP contribution < -0.4 is 14.4 Å². The number of amides is 2. The van der Waals surface area contributed by atoms with Crippen molar-refractivity contribution in [3.63, 3.8) is 0 Å². The van der Waals surface area contributed by atoms with Gasteiger partial charge in [0.05, 0.1) is 17.2 Å². The fourth-order valence-electron chi connectivity index (χ4n) is 5.32. The largest absolute Gasteiger partial charge is 0.494 e. The molecule has 1 atom stereocenters. The number of sulfonamides is 1. The maximum Gasteiger partial charge on any atom is 0.264 e. The second-order valence-corrected chi connectivity index (χ2v) is 13.1. The Balaban J connectivity index is 1.71. The molecule has 1 N–H and O–H groups in total. The summed E-state index contributed by atoms with van der Waals surface area (Å²) in [7, 11) is -4.15. The van der Waals surface area contributed by atoms with E-state index in [1.165, 1.54) is 17.0 Å². The highest BCUT2D eigenvalue weighted by molar-refractivity contribution is 7.92. The molecule has 43 heavy (non-hydrogen) atoms. The zero-order chi connectivity index (χ0) is 31.0. The van der Waals surface area contributed by atoms with Crippen molar-refractivity contribution in [2.45, 2.75) is 76.4 Å². The number of rotatable bonds is 13. The number of halogens is 1. The first-order chi connectivity index (χ1) is 20.6. The molecule has 1 fully saturated rings. The Kier molecular flexibility index (Phi) is 11.1. The second kappa shape index (κ2) is 14.8. The Labute approximate surface area is 260 Å². The average Bonchev–Trinajstić information content (AvgIpc) is 3.50. The number of nitrogens with one attached hydrogen (secondary N) is 1. The van der Waals surface area contributed by atoms with E-state index in [1.807, 2.05) is 20.8 Å². The van der Waals surface area contributed by atoms with Gasteiger partial charge in [-0.15, -0.1) is 0 Å². The molecule has 1 aliphatic rings. The van der Waals surface area contributed by atoms with Gasteiger partial charge in [0, 0.05) is 17.6 Å². The first kappa shape index (κ1) is 32.4. The number of hydrogen-bond acceptors (Lipinski definition) is 5. The van der Waals surface area contributed by atoms with E-state index in [0.29, 0.717) is 29.5 Å². The smallest absolute Gasteiger partial charge is 0.264 e. The maximum atomic E-state index is 14.2. The summed E-state index contributed by atoms with van der Waals surface area (Å²) in [5.41, 5.74) is 2.00. The normalized spacial score (nSPS) is 14.2. The van der Waals surface area contributed by atoms with E-state index in [-0.39, 0.29) is 23.4 Å². The van der Waals surface area contributed by atoms with E-state index in [0.717, 1.165) is 41.1 Å². The number of carbonyl (C=O) groups is 2. The molecule has 0 unspecified atom stereocenters. The van der Waals surface area contributed by atoms with Gasteiger partial charge in [0.25, 0.3) is 10.0 Å². The monoisotopic (exact) mass is 625 g/mol. The number of ether oxygens (including phenoxy) is 1. The lowest BCUT2D eigenvalue weighted by Gasteiger charge is -2.33. The first-order valence-corrected chi connectivity index (χ1v) is 16.6. The van der Waals surface area contributed by atoms with Crippen molar-refractivity contribution in [3.8, 4) is 5.75 Å². The molecule has 4 rings (SSSR count). The van der Waals surface area contributed by atoms with Crippen LogP contribution in [0.15, 0.2) is 77.7 Å². The van der Waals surface area contributed by atoms with E-state index in [9.17, 15) is 18.0 Å². The molecule has 3 aromatic rings. The molecule has 230 valence electrons. The Hall–Kier alpha value is -3.56. The maximum absolute atomic E-state index is 14.2. The number of nitrogens with zero attached hydrogens (tertiary/aromatic N) is 2. The van der Waals surface area contributed by atoms with E-state index < -0.39 is 28.5 Å². The van der Waals surface area contributed by atoms with Gasteiger partial charge in [-0.2, -0.15) is 0 Å². The lowest BCUT2D eigenvalue weighted by atomic mass is 10.1.